The van der Waals surface area contributed by atoms with Gasteiger partial charge >= 0.3 is 0 Å². The second-order valence-corrected chi connectivity index (χ2v) is 7.32. The lowest BCUT2D eigenvalue weighted by Gasteiger charge is -2.29. The van der Waals surface area contributed by atoms with Crippen LogP contribution in [0.2, 0.25) is 0 Å². The van der Waals surface area contributed by atoms with Gasteiger partial charge in [0.1, 0.15) is 5.70 Å². The van der Waals surface area contributed by atoms with Gasteiger partial charge in [-0.1, -0.05) is 54.1 Å². The van der Waals surface area contributed by atoms with E-state index in [2.05, 4.69) is 6.07 Å². The molecule has 2 aromatic rings. The van der Waals surface area contributed by atoms with Crippen LogP contribution < -0.4 is 0 Å². The molecule has 2 aromatic carbocycles. The van der Waals surface area contributed by atoms with E-state index in [4.69, 9.17) is 4.74 Å². The standard InChI is InChI=1S/C23H24N2O3/c1-16-8-9-19(17(2)14-16)20-21(24-10-12-28-13-11-24)23(27)25(22(20)26)15-18-6-4-3-5-7-18/h3-9,14H,10-13,15H2,1-2H3. The SMILES string of the molecule is Cc1ccc(C2=C(N3CCOCC3)C(=O)N(Cc3ccccc3)C2=O)c(C)c1. The molecule has 2 aliphatic heterocycles. The van der Waals surface area contributed by atoms with Crippen LogP contribution in [0.25, 0.3) is 5.57 Å². The summed E-state index contributed by atoms with van der Waals surface area (Å²) in [6.45, 7) is 6.64. The van der Waals surface area contributed by atoms with Crippen molar-refractivity contribution in [2.45, 2.75) is 20.4 Å². The van der Waals surface area contributed by atoms with Gasteiger partial charge in [-0.3, -0.25) is 14.5 Å². The summed E-state index contributed by atoms with van der Waals surface area (Å²) in [5.74, 6) is -0.437. The normalized spacial score (nSPS) is 17.6. The Kier molecular flexibility index (Phi) is 5.01. The summed E-state index contributed by atoms with van der Waals surface area (Å²) in [6, 6.07) is 15.6. The molecule has 0 unspecified atom stereocenters. The Morgan fingerprint density at radius 1 is 0.929 bits per heavy atom. The number of nitrogens with zero attached hydrogens (tertiary/aromatic N) is 2. The van der Waals surface area contributed by atoms with Crippen LogP contribution in [0.4, 0.5) is 0 Å². The fourth-order valence-corrected chi connectivity index (χ4v) is 3.89. The van der Waals surface area contributed by atoms with Gasteiger partial charge in [-0.05, 0) is 30.5 Å². The predicted octanol–water partition coefficient (Wildman–Crippen LogP) is 2.92. The molecule has 0 radical (unpaired) electrons. The zero-order chi connectivity index (χ0) is 19.7. The van der Waals surface area contributed by atoms with Crippen molar-refractivity contribution in [3.63, 3.8) is 0 Å². The highest BCUT2D eigenvalue weighted by Crippen LogP contribution is 2.34. The lowest BCUT2D eigenvalue weighted by atomic mass is 9.97. The zero-order valence-corrected chi connectivity index (χ0v) is 16.3. The minimum atomic E-state index is -0.220. The maximum Gasteiger partial charge on any atom is 0.278 e. The van der Waals surface area contributed by atoms with Crippen LogP contribution >= 0.6 is 0 Å². The monoisotopic (exact) mass is 376 g/mol. The summed E-state index contributed by atoms with van der Waals surface area (Å²) < 4.78 is 5.45. The van der Waals surface area contributed by atoms with Crippen molar-refractivity contribution in [2.24, 2.45) is 0 Å². The number of aryl methyl sites for hydroxylation is 2. The quantitative estimate of drug-likeness (QED) is 0.770. The molecule has 0 saturated carbocycles. The van der Waals surface area contributed by atoms with Crippen molar-refractivity contribution in [1.29, 1.82) is 0 Å². The highest BCUT2D eigenvalue weighted by molar-refractivity contribution is 6.35. The Labute approximate surface area is 165 Å². The van der Waals surface area contributed by atoms with Crippen LogP contribution in [0.1, 0.15) is 22.3 Å². The molecule has 0 aromatic heterocycles. The number of imide groups is 1. The van der Waals surface area contributed by atoms with Gasteiger partial charge in [0.25, 0.3) is 11.8 Å². The first kappa shape index (κ1) is 18.4. The van der Waals surface area contributed by atoms with E-state index < -0.39 is 0 Å². The molecule has 0 spiro atoms. The Balaban J connectivity index is 1.78. The number of carbonyl (C=O) groups excluding carboxylic acids is 2. The number of hydrogen-bond acceptors (Lipinski definition) is 4. The fraction of sp³-hybridized carbons (Fsp3) is 0.304. The van der Waals surface area contributed by atoms with Crippen LogP contribution in [0.15, 0.2) is 54.2 Å². The minimum Gasteiger partial charge on any atom is -0.378 e. The van der Waals surface area contributed by atoms with E-state index in [0.29, 0.717) is 37.6 Å². The number of rotatable bonds is 4. The Morgan fingerprint density at radius 2 is 1.64 bits per heavy atom. The van der Waals surface area contributed by atoms with E-state index >= 15 is 0 Å². The van der Waals surface area contributed by atoms with Crippen molar-refractivity contribution < 1.29 is 14.3 Å². The van der Waals surface area contributed by atoms with Gasteiger partial charge < -0.3 is 9.64 Å². The third-order valence-corrected chi connectivity index (χ3v) is 5.31. The molecule has 2 heterocycles. The number of carbonyl (C=O) groups is 2. The zero-order valence-electron chi connectivity index (χ0n) is 16.3. The molecule has 5 heteroatoms. The topological polar surface area (TPSA) is 49.9 Å². The van der Waals surface area contributed by atoms with E-state index in [9.17, 15) is 9.59 Å². The Bertz CT molecular complexity index is 944. The molecule has 0 N–H and O–H groups in total. The molecule has 1 saturated heterocycles. The predicted molar refractivity (Wildman–Crippen MR) is 107 cm³/mol. The average Bonchev–Trinajstić information content (AvgIpc) is 2.94. The Hall–Kier alpha value is -2.92. The molecule has 0 bridgehead atoms. The third kappa shape index (κ3) is 3.34. The van der Waals surface area contributed by atoms with Gasteiger partial charge in [-0.25, -0.2) is 0 Å². The van der Waals surface area contributed by atoms with Gasteiger partial charge in [-0.2, -0.15) is 0 Å². The summed E-state index contributed by atoms with van der Waals surface area (Å²) in [5.41, 5.74) is 4.93. The van der Waals surface area contributed by atoms with Gasteiger partial charge in [0.15, 0.2) is 0 Å². The van der Waals surface area contributed by atoms with Crippen molar-refractivity contribution in [2.75, 3.05) is 26.3 Å². The maximum absolute atomic E-state index is 13.4. The number of amides is 2. The summed E-state index contributed by atoms with van der Waals surface area (Å²) in [6.07, 6.45) is 0. The highest BCUT2D eigenvalue weighted by atomic mass is 16.5. The average molecular weight is 376 g/mol. The lowest BCUT2D eigenvalue weighted by molar-refractivity contribution is -0.138. The van der Waals surface area contributed by atoms with E-state index in [1.807, 2.05) is 61.2 Å². The summed E-state index contributed by atoms with van der Waals surface area (Å²) >= 11 is 0. The van der Waals surface area contributed by atoms with Gasteiger partial charge in [0.2, 0.25) is 0 Å². The van der Waals surface area contributed by atoms with Crippen molar-refractivity contribution in [3.8, 4) is 0 Å². The fourth-order valence-electron chi connectivity index (χ4n) is 3.89. The van der Waals surface area contributed by atoms with Crippen LogP contribution in [-0.4, -0.2) is 47.9 Å². The van der Waals surface area contributed by atoms with E-state index in [1.165, 1.54) is 4.90 Å². The largest absolute Gasteiger partial charge is 0.378 e. The summed E-state index contributed by atoms with van der Waals surface area (Å²) in [5, 5.41) is 0. The lowest BCUT2D eigenvalue weighted by Crippen LogP contribution is -2.40. The second-order valence-electron chi connectivity index (χ2n) is 7.32. The van der Waals surface area contributed by atoms with E-state index in [1.54, 1.807) is 0 Å². The molecule has 2 amide bonds. The molecular weight excluding hydrogens is 352 g/mol. The molecule has 5 nitrogen and oxygen atoms in total. The molecule has 0 aliphatic carbocycles. The number of benzene rings is 2. The van der Waals surface area contributed by atoms with Gasteiger partial charge in [0.05, 0.1) is 25.3 Å². The van der Waals surface area contributed by atoms with Gasteiger partial charge in [0, 0.05) is 13.1 Å². The molecular formula is C23H24N2O3. The third-order valence-electron chi connectivity index (χ3n) is 5.31. The first-order chi connectivity index (χ1) is 13.6. The number of morpholine rings is 1. The van der Waals surface area contributed by atoms with Crippen LogP contribution in [0, 0.1) is 13.8 Å². The second kappa shape index (κ2) is 7.60. The van der Waals surface area contributed by atoms with Crippen molar-refractivity contribution in [3.05, 3.63) is 76.5 Å². The van der Waals surface area contributed by atoms with Crippen molar-refractivity contribution >= 4 is 17.4 Å². The first-order valence-electron chi connectivity index (χ1n) is 9.61. The van der Waals surface area contributed by atoms with Crippen LogP contribution in [0.3, 0.4) is 0 Å². The Morgan fingerprint density at radius 3 is 2.32 bits per heavy atom. The maximum atomic E-state index is 13.4. The molecule has 4 rings (SSSR count). The number of hydrogen-bond donors (Lipinski definition) is 0. The van der Waals surface area contributed by atoms with Crippen LogP contribution in [-0.2, 0) is 20.9 Å². The summed E-state index contributed by atoms with van der Waals surface area (Å²) in [4.78, 5) is 30.1. The molecule has 144 valence electrons. The smallest absolute Gasteiger partial charge is 0.278 e. The van der Waals surface area contributed by atoms with E-state index in [0.717, 1.165) is 22.3 Å². The molecule has 1 fully saturated rings. The van der Waals surface area contributed by atoms with Gasteiger partial charge in [-0.15, -0.1) is 0 Å². The van der Waals surface area contributed by atoms with Crippen molar-refractivity contribution in [1.82, 2.24) is 9.80 Å². The highest BCUT2D eigenvalue weighted by Gasteiger charge is 2.42. The molecule has 0 atom stereocenters. The van der Waals surface area contributed by atoms with E-state index in [-0.39, 0.29) is 18.4 Å². The molecule has 2 aliphatic rings. The minimum absolute atomic E-state index is 0.217. The van der Waals surface area contributed by atoms with Crippen LogP contribution in [0.5, 0.6) is 0 Å². The summed E-state index contributed by atoms with van der Waals surface area (Å²) in [7, 11) is 0. The number of ether oxygens (including phenoxy) is 1. The molecule has 28 heavy (non-hydrogen) atoms. The first-order valence-corrected chi connectivity index (χ1v) is 9.61.